The predicted molar refractivity (Wildman–Crippen MR) is 74.3 cm³/mol. The summed E-state index contributed by atoms with van der Waals surface area (Å²) in [6.45, 7) is 13.2. The second-order valence-corrected chi connectivity index (χ2v) is 6.94. The molecule has 0 aliphatic heterocycles. The van der Waals surface area contributed by atoms with Crippen LogP contribution in [0.15, 0.2) is 12.1 Å². The first kappa shape index (κ1) is 13.7. The summed E-state index contributed by atoms with van der Waals surface area (Å²) in [7, 11) is 0. The summed E-state index contributed by atoms with van der Waals surface area (Å²) in [5.41, 5.74) is 3.88. The summed E-state index contributed by atoms with van der Waals surface area (Å²) >= 11 is 3.53. The van der Waals surface area contributed by atoms with Crippen molar-refractivity contribution in [2.75, 3.05) is 0 Å². The lowest BCUT2D eigenvalue weighted by atomic mass is 9.87. The SMILES string of the molecule is CC(C)(C)c1cc(CBr)cc(C(C)(C)C)n1. The van der Waals surface area contributed by atoms with Gasteiger partial charge in [0, 0.05) is 27.5 Å². The molecule has 0 unspecified atom stereocenters. The molecular formula is C14H22BrN. The van der Waals surface area contributed by atoms with Gasteiger partial charge in [-0.05, 0) is 17.7 Å². The molecule has 1 nitrogen and oxygen atoms in total. The summed E-state index contributed by atoms with van der Waals surface area (Å²) in [6.07, 6.45) is 0. The minimum Gasteiger partial charge on any atom is -0.257 e. The van der Waals surface area contributed by atoms with Gasteiger partial charge in [0.05, 0.1) is 0 Å². The summed E-state index contributed by atoms with van der Waals surface area (Å²) in [5, 5.41) is 0.891. The van der Waals surface area contributed by atoms with Crippen molar-refractivity contribution in [1.29, 1.82) is 0 Å². The fraction of sp³-hybridized carbons (Fsp3) is 0.643. The van der Waals surface area contributed by atoms with Crippen molar-refractivity contribution in [2.45, 2.75) is 57.7 Å². The van der Waals surface area contributed by atoms with Crippen LogP contribution in [0, 0.1) is 0 Å². The molecule has 90 valence electrons. The molecule has 16 heavy (non-hydrogen) atoms. The average Bonchev–Trinajstić information content (AvgIpc) is 2.14. The Balaban J connectivity index is 3.33. The summed E-state index contributed by atoms with van der Waals surface area (Å²) in [5.74, 6) is 0. The first-order valence-electron chi connectivity index (χ1n) is 5.72. The maximum absolute atomic E-state index is 4.80. The molecule has 0 fully saturated rings. The van der Waals surface area contributed by atoms with Gasteiger partial charge in [-0.2, -0.15) is 0 Å². The van der Waals surface area contributed by atoms with Gasteiger partial charge >= 0.3 is 0 Å². The number of nitrogens with zero attached hydrogens (tertiary/aromatic N) is 1. The fourth-order valence-electron chi connectivity index (χ4n) is 1.43. The molecule has 0 bridgehead atoms. The van der Waals surface area contributed by atoms with Crippen LogP contribution in [0.2, 0.25) is 0 Å². The molecule has 1 aromatic rings. The van der Waals surface area contributed by atoms with Crippen molar-refractivity contribution in [1.82, 2.24) is 4.98 Å². The Labute approximate surface area is 108 Å². The number of pyridine rings is 1. The molecule has 0 saturated carbocycles. The molecule has 1 aromatic heterocycles. The van der Waals surface area contributed by atoms with Crippen molar-refractivity contribution >= 4 is 15.9 Å². The van der Waals surface area contributed by atoms with Crippen LogP contribution in [0.3, 0.4) is 0 Å². The molecule has 0 aliphatic carbocycles. The van der Waals surface area contributed by atoms with E-state index >= 15 is 0 Å². The van der Waals surface area contributed by atoms with Gasteiger partial charge in [-0.3, -0.25) is 4.98 Å². The molecule has 0 N–H and O–H groups in total. The normalized spacial score (nSPS) is 12.9. The van der Waals surface area contributed by atoms with Crippen LogP contribution in [0.5, 0.6) is 0 Å². The Hall–Kier alpha value is -0.370. The zero-order chi connectivity index (χ0) is 12.6. The van der Waals surface area contributed by atoms with Gasteiger partial charge in [0.2, 0.25) is 0 Å². The van der Waals surface area contributed by atoms with Crippen LogP contribution >= 0.6 is 15.9 Å². The summed E-state index contributed by atoms with van der Waals surface area (Å²) < 4.78 is 0. The molecule has 1 heterocycles. The fourth-order valence-corrected chi connectivity index (χ4v) is 1.76. The lowest BCUT2D eigenvalue weighted by Crippen LogP contribution is -2.20. The lowest BCUT2D eigenvalue weighted by molar-refractivity contribution is 0.530. The zero-order valence-electron chi connectivity index (χ0n) is 11.2. The first-order chi connectivity index (χ1) is 7.14. The molecule has 0 aliphatic rings. The molecule has 0 spiro atoms. The Bertz CT molecular complexity index is 337. The topological polar surface area (TPSA) is 12.9 Å². The van der Waals surface area contributed by atoms with E-state index in [4.69, 9.17) is 4.98 Å². The largest absolute Gasteiger partial charge is 0.257 e. The monoisotopic (exact) mass is 283 g/mol. The number of halogens is 1. The van der Waals surface area contributed by atoms with Gasteiger partial charge < -0.3 is 0 Å². The van der Waals surface area contributed by atoms with E-state index in [9.17, 15) is 0 Å². The third-order valence-corrected chi connectivity index (χ3v) is 3.22. The van der Waals surface area contributed by atoms with Crippen LogP contribution in [0.4, 0.5) is 0 Å². The third kappa shape index (κ3) is 3.31. The van der Waals surface area contributed by atoms with Crippen LogP contribution in [0.25, 0.3) is 0 Å². The maximum atomic E-state index is 4.80. The van der Waals surface area contributed by atoms with Gasteiger partial charge in [0.15, 0.2) is 0 Å². The average molecular weight is 284 g/mol. The molecule has 0 atom stereocenters. The maximum Gasteiger partial charge on any atom is 0.0463 e. The standard InChI is InChI=1S/C14H22BrN/c1-13(2,3)11-7-10(9-15)8-12(16-11)14(4,5)6/h7-8H,9H2,1-6H3. The third-order valence-electron chi connectivity index (χ3n) is 2.58. The zero-order valence-corrected chi connectivity index (χ0v) is 12.8. The molecule has 1 rings (SSSR count). The van der Waals surface area contributed by atoms with Crippen molar-refractivity contribution in [3.8, 4) is 0 Å². The molecule has 0 saturated heterocycles. The van der Waals surface area contributed by atoms with Crippen molar-refractivity contribution < 1.29 is 0 Å². The second-order valence-electron chi connectivity index (χ2n) is 6.38. The minimum absolute atomic E-state index is 0.109. The molecular weight excluding hydrogens is 262 g/mol. The Morgan fingerprint density at radius 3 is 1.56 bits per heavy atom. The van der Waals surface area contributed by atoms with Crippen molar-refractivity contribution in [3.05, 3.63) is 29.1 Å². The van der Waals surface area contributed by atoms with E-state index < -0.39 is 0 Å². The molecule has 0 aromatic carbocycles. The Kier molecular flexibility index (Phi) is 3.83. The van der Waals surface area contributed by atoms with E-state index in [0.717, 1.165) is 5.33 Å². The molecule has 0 radical (unpaired) electrons. The van der Waals surface area contributed by atoms with Crippen LogP contribution < -0.4 is 0 Å². The number of aromatic nitrogens is 1. The Morgan fingerprint density at radius 1 is 0.938 bits per heavy atom. The lowest BCUT2D eigenvalue weighted by Gasteiger charge is -2.24. The van der Waals surface area contributed by atoms with Crippen LogP contribution in [0.1, 0.15) is 58.5 Å². The van der Waals surface area contributed by atoms with Crippen LogP contribution in [-0.2, 0) is 16.2 Å². The summed E-state index contributed by atoms with van der Waals surface area (Å²) in [6, 6.07) is 4.40. The highest BCUT2D eigenvalue weighted by Gasteiger charge is 2.21. The van der Waals surface area contributed by atoms with Gasteiger partial charge in [-0.1, -0.05) is 57.5 Å². The highest BCUT2D eigenvalue weighted by molar-refractivity contribution is 9.08. The van der Waals surface area contributed by atoms with Gasteiger partial charge in [-0.25, -0.2) is 0 Å². The second kappa shape index (κ2) is 4.48. The van der Waals surface area contributed by atoms with E-state index in [1.54, 1.807) is 0 Å². The quantitative estimate of drug-likeness (QED) is 0.688. The smallest absolute Gasteiger partial charge is 0.0463 e. The van der Waals surface area contributed by atoms with E-state index in [1.807, 2.05) is 0 Å². The van der Waals surface area contributed by atoms with E-state index in [1.165, 1.54) is 17.0 Å². The Morgan fingerprint density at radius 2 is 1.31 bits per heavy atom. The van der Waals surface area contributed by atoms with E-state index in [2.05, 4.69) is 69.6 Å². The van der Waals surface area contributed by atoms with Gasteiger partial charge in [0.25, 0.3) is 0 Å². The number of rotatable bonds is 1. The number of alkyl halides is 1. The molecule has 0 amide bonds. The number of hydrogen-bond donors (Lipinski definition) is 0. The first-order valence-corrected chi connectivity index (χ1v) is 6.84. The van der Waals surface area contributed by atoms with Gasteiger partial charge in [-0.15, -0.1) is 0 Å². The number of hydrogen-bond acceptors (Lipinski definition) is 1. The summed E-state index contributed by atoms with van der Waals surface area (Å²) in [4.78, 5) is 4.80. The minimum atomic E-state index is 0.109. The predicted octanol–water partition coefficient (Wildman–Crippen LogP) is 4.57. The van der Waals surface area contributed by atoms with Crippen molar-refractivity contribution in [3.63, 3.8) is 0 Å². The highest BCUT2D eigenvalue weighted by atomic mass is 79.9. The molecule has 2 heteroatoms. The van der Waals surface area contributed by atoms with E-state index in [0.29, 0.717) is 0 Å². The van der Waals surface area contributed by atoms with Crippen molar-refractivity contribution in [2.24, 2.45) is 0 Å². The van der Waals surface area contributed by atoms with Gasteiger partial charge in [0.1, 0.15) is 0 Å². The van der Waals surface area contributed by atoms with E-state index in [-0.39, 0.29) is 10.8 Å². The van der Waals surface area contributed by atoms with Crippen LogP contribution in [-0.4, -0.2) is 4.98 Å². The highest BCUT2D eigenvalue weighted by Crippen LogP contribution is 2.27.